The van der Waals surface area contributed by atoms with E-state index in [1.165, 1.54) is 0 Å². The van der Waals surface area contributed by atoms with Crippen molar-refractivity contribution in [1.29, 1.82) is 0 Å². The zero-order valence-electron chi connectivity index (χ0n) is 19.3. The van der Waals surface area contributed by atoms with Crippen molar-refractivity contribution in [3.8, 4) is 12.0 Å². The summed E-state index contributed by atoms with van der Waals surface area (Å²) in [4.78, 5) is 4.86. The molecule has 0 aliphatic heterocycles. The van der Waals surface area contributed by atoms with E-state index in [2.05, 4.69) is 29.4 Å². The molecule has 5 aromatic heterocycles. The smallest absolute Gasteiger partial charge is 0.337 e. The molecule has 0 unspecified atom stereocenters. The van der Waals surface area contributed by atoms with Crippen LogP contribution in [0.15, 0.2) is 110 Å². The molecule has 37 heavy (non-hydrogen) atoms. The van der Waals surface area contributed by atoms with Crippen molar-refractivity contribution >= 4 is 65.9 Å². The van der Waals surface area contributed by atoms with Gasteiger partial charge >= 0.3 is 6.01 Å². The van der Waals surface area contributed by atoms with Gasteiger partial charge in [0.15, 0.2) is 0 Å². The molecule has 0 amide bonds. The van der Waals surface area contributed by atoms with E-state index in [4.69, 9.17) is 18.3 Å². The maximum Gasteiger partial charge on any atom is 0.337 e. The Kier molecular flexibility index (Phi) is 3.42. The molecule has 5 heterocycles. The Bertz CT molecular complexity index is 2160. The highest BCUT2D eigenvalue weighted by molar-refractivity contribution is 6.20. The van der Waals surface area contributed by atoms with Gasteiger partial charge < -0.3 is 13.4 Å². The van der Waals surface area contributed by atoms with Crippen LogP contribution in [0.2, 0.25) is 0 Å². The van der Waals surface area contributed by atoms with E-state index in [-0.39, 0.29) is 0 Å². The maximum atomic E-state index is 6.32. The molecular weight excluding hydrogens is 464 g/mol. The summed E-state index contributed by atoms with van der Waals surface area (Å²) in [5.74, 6) is 0.391. The molecule has 0 N–H and O–H groups in total. The van der Waals surface area contributed by atoms with Gasteiger partial charge in [-0.05, 0) is 29.4 Å². The molecule has 0 aliphatic rings. The number of para-hydroxylation sites is 4. The number of rotatable bonds is 2. The third kappa shape index (κ3) is 2.35. The molecule has 0 bridgehead atoms. The first-order chi connectivity index (χ1) is 18.4. The summed E-state index contributed by atoms with van der Waals surface area (Å²) >= 11 is 0. The lowest BCUT2D eigenvalue weighted by Gasteiger charge is -2.00. The van der Waals surface area contributed by atoms with Crippen molar-refractivity contribution in [3.05, 3.63) is 97.1 Å². The first-order valence-electron chi connectivity index (χ1n) is 12.0. The summed E-state index contributed by atoms with van der Waals surface area (Å²) in [5, 5.41) is 10.7. The Balaban J connectivity index is 1.35. The van der Waals surface area contributed by atoms with E-state index in [0.29, 0.717) is 23.4 Å². The van der Waals surface area contributed by atoms with Crippen LogP contribution in [0.5, 0.6) is 0 Å². The molecule has 7 nitrogen and oxygen atoms in total. The lowest BCUT2D eigenvalue weighted by molar-refractivity contribution is 0.401. The van der Waals surface area contributed by atoms with Crippen LogP contribution in [0.3, 0.4) is 0 Å². The van der Waals surface area contributed by atoms with Gasteiger partial charge in [0, 0.05) is 21.5 Å². The van der Waals surface area contributed by atoms with E-state index >= 15 is 0 Å². The molecule has 0 spiro atoms. The van der Waals surface area contributed by atoms with Crippen LogP contribution >= 0.6 is 0 Å². The minimum absolute atomic E-state index is 0.322. The van der Waals surface area contributed by atoms with Gasteiger partial charge in [-0.3, -0.25) is 0 Å². The number of aromatic nitrogens is 4. The number of hydrogen-bond donors (Lipinski definition) is 0. The SMILES string of the molecule is c1ccc2c(c1)oc1c2c2ccccc2n1-c1noc(-n2c3ccccc3c3c4ccccc4oc32)n1. The summed E-state index contributed by atoms with van der Waals surface area (Å²) in [6, 6.07) is 32.7. The number of hydrogen-bond acceptors (Lipinski definition) is 5. The maximum absolute atomic E-state index is 6.32. The Hall–Kier alpha value is -5.30. The van der Waals surface area contributed by atoms with Crippen molar-refractivity contribution in [3.63, 3.8) is 0 Å². The Labute approximate surface area is 207 Å². The molecule has 0 atom stereocenters. The third-order valence-electron chi connectivity index (χ3n) is 7.18. The number of nitrogens with zero attached hydrogens (tertiary/aromatic N) is 4. The summed E-state index contributed by atoms with van der Waals surface area (Å²) < 4.78 is 22.3. The minimum atomic E-state index is 0.322. The molecule has 0 saturated carbocycles. The van der Waals surface area contributed by atoms with Crippen molar-refractivity contribution < 1.29 is 13.4 Å². The third-order valence-corrected chi connectivity index (χ3v) is 7.18. The predicted molar refractivity (Wildman–Crippen MR) is 143 cm³/mol. The average Bonchev–Trinajstić information content (AvgIpc) is 3.73. The zero-order chi connectivity index (χ0) is 24.1. The molecule has 4 aromatic carbocycles. The largest absolute Gasteiger partial charge is 0.439 e. The first-order valence-corrected chi connectivity index (χ1v) is 12.0. The molecule has 0 radical (unpaired) electrons. The normalized spacial score (nSPS) is 12.3. The van der Waals surface area contributed by atoms with Crippen LogP contribution in [0, 0.1) is 0 Å². The quantitative estimate of drug-likeness (QED) is 0.253. The molecule has 174 valence electrons. The second-order valence-corrected chi connectivity index (χ2v) is 9.14. The Morgan fingerprint density at radius 2 is 1.00 bits per heavy atom. The van der Waals surface area contributed by atoms with Gasteiger partial charge in [-0.25, -0.2) is 9.13 Å². The molecule has 9 aromatic rings. The lowest BCUT2D eigenvalue weighted by Crippen LogP contribution is -1.98. The molecule has 7 heteroatoms. The number of benzene rings is 4. The molecule has 0 saturated heterocycles. The van der Waals surface area contributed by atoms with Crippen LogP contribution in [0.1, 0.15) is 0 Å². The van der Waals surface area contributed by atoms with Crippen molar-refractivity contribution in [2.75, 3.05) is 0 Å². The van der Waals surface area contributed by atoms with Gasteiger partial charge in [-0.1, -0.05) is 72.8 Å². The van der Waals surface area contributed by atoms with Crippen LogP contribution in [0.4, 0.5) is 0 Å². The fraction of sp³-hybridized carbons (Fsp3) is 0. The molecular formula is C30H16N4O3. The first kappa shape index (κ1) is 19.0. The average molecular weight is 480 g/mol. The summed E-state index contributed by atoms with van der Waals surface area (Å²) in [6.45, 7) is 0. The second kappa shape index (κ2) is 6.67. The highest BCUT2D eigenvalue weighted by Crippen LogP contribution is 2.40. The minimum Gasteiger partial charge on any atom is -0.439 e. The zero-order valence-corrected chi connectivity index (χ0v) is 19.3. The topological polar surface area (TPSA) is 75.1 Å². The van der Waals surface area contributed by atoms with Crippen molar-refractivity contribution in [2.24, 2.45) is 0 Å². The van der Waals surface area contributed by atoms with E-state index < -0.39 is 0 Å². The van der Waals surface area contributed by atoms with Crippen LogP contribution in [0.25, 0.3) is 77.9 Å². The van der Waals surface area contributed by atoms with E-state index in [0.717, 1.165) is 54.5 Å². The molecule has 0 aliphatic carbocycles. The van der Waals surface area contributed by atoms with Gasteiger partial charge in [0.25, 0.3) is 5.95 Å². The predicted octanol–water partition coefficient (Wildman–Crippen LogP) is 7.76. The number of furan rings is 2. The van der Waals surface area contributed by atoms with Crippen LogP contribution in [-0.2, 0) is 0 Å². The van der Waals surface area contributed by atoms with Crippen molar-refractivity contribution in [2.45, 2.75) is 0 Å². The highest BCUT2D eigenvalue weighted by Gasteiger charge is 2.25. The fourth-order valence-corrected chi connectivity index (χ4v) is 5.66. The lowest BCUT2D eigenvalue weighted by atomic mass is 10.1. The van der Waals surface area contributed by atoms with E-state index in [9.17, 15) is 0 Å². The molecule has 0 fully saturated rings. The monoisotopic (exact) mass is 480 g/mol. The van der Waals surface area contributed by atoms with Gasteiger partial charge in [-0.2, -0.15) is 4.98 Å². The van der Waals surface area contributed by atoms with Gasteiger partial charge in [0.2, 0.25) is 11.4 Å². The highest BCUT2D eigenvalue weighted by atomic mass is 16.5. The van der Waals surface area contributed by atoms with E-state index in [1.807, 2.05) is 81.9 Å². The fourth-order valence-electron chi connectivity index (χ4n) is 5.66. The summed E-state index contributed by atoms with van der Waals surface area (Å²) in [6.07, 6.45) is 0. The Morgan fingerprint density at radius 1 is 0.514 bits per heavy atom. The van der Waals surface area contributed by atoms with Crippen molar-refractivity contribution in [1.82, 2.24) is 19.3 Å². The van der Waals surface area contributed by atoms with Crippen LogP contribution < -0.4 is 0 Å². The number of fused-ring (bicyclic) bond motifs is 10. The van der Waals surface area contributed by atoms with Gasteiger partial charge in [0.1, 0.15) is 11.2 Å². The van der Waals surface area contributed by atoms with Crippen LogP contribution in [-0.4, -0.2) is 19.3 Å². The summed E-state index contributed by atoms with van der Waals surface area (Å²) in [7, 11) is 0. The summed E-state index contributed by atoms with van der Waals surface area (Å²) in [5.41, 5.74) is 4.86. The van der Waals surface area contributed by atoms with E-state index in [1.54, 1.807) is 0 Å². The van der Waals surface area contributed by atoms with Gasteiger partial charge in [0.05, 0.1) is 21.8 Å². The second-order valence-electron chi connectivity index (χ2n) is 9.14. The van der Waals surface area contributed by atoms with Gasteiger partial charge in [-0.15, -0.1) is 0 Å². The standard InChI is InChI=1S/C30H16N4O3/c1-5-13-21-17(9-1)25-19-11-3-7-15-23(19)35-27(25)33(21)29-31-30(37-32-29)34-22-14-6-2-10-18(22)26-20-12-4-8-16-24(20)36-28(26)34/h1-16H. The Morgan fingerprint density at radius 3 is 1.62 bits per heavy atom. The molecule has 9 rings (SSSR count).